The van der Waals surface area contributed by atoms with Crippen molar-refractivity contribution in [3.8, 4) is 0 Å². The molecule has 0 atom stereocenters. The van der Waals surface area contributed by atoms with Gasteiger partial charge >= 0.3 is 0 Å². The van der Waals surface area contributed by atoms with Crippen molar-refractivity contribution in [1.82, 2.24) is 4.98 Å². The van der Waals surface area contributed by atoms with Crippen molar-refractivity contribution in [3.05, 3.63) is 34.9 Å². The molecule has 3 N–H and O–H groups in total. The topological polar surface area (TPSA) is 50.9 Å². The molecule has 1 aromatic carbocycles. The molecule has 3 nitrogen and oxygen atoms in total. The molecule has 3 heteroatoms. The Morgan fingerprint density at radius 2 is 1.90 bits per heavy atom. The Balaban J connectivity index is 2.28. The van der Waals surface area contributed by atoms with Crippen molar-refractivity contribution in [2.24, 2.45) is 5.84 Å². The fraction of sp³-hybridized carbons (Fsp3) is 0.471. The van der Waals surface area contributed by atoms with Crippen LogP contribution < -0.4 is 11.3 Å². The van der Waals surface area contributed by atoms with E-state index in [1.165, 1.54) is 41.3 Å². The minimum atomic E-state index is 0.0266. The number of nitrogens with two attached hydrogens (primary N) is 1. The standard InChI is InChI=1S/C17H23N3/c1-17(2,3)14-10-12-9-8-11-6-4-5-7-13(11)15(12)19-16(14)20-18/h8-10H,4-7,18H2,1-3H3,(H,19,20). The van der Waals surface area contributed by atoms with Gasteiger partial charge < -0.3 is 5.43 Å². The average molecular weight is 269 g/mol. The molecule has 20 heavy (non-hydrogen) atoms. The van der Waals surface area contributed by atoms with Gasteiger partial charge in [0.25, 0.3) is 0 Å². The van der Waals surface area contributed by atoms with Gasteiger partial charge in [0.2, 0.25) is 0 Å². The molecule has 1 aliphatic rings. The van der Waals surface area contributed by atoms with Gasteiger partial charge in [0.1, 0.15) is 5.82 Å². The Labute approximate surface area is 120 Å². The molecule has 1 aromatic heterocycles. The summed E-state index contributed by atoms with van der Waals surface area (Å²) in [4.78, 5) is 4.84. The Bertz CT molecular complexity index is 653. The first kappa shape index (κ1) is 13.4. The number of pyridine rings is 1. The lowest BCUT2D eigenvalue weighted by molar-refractivity contribution is 0.590. The summed E-state index contributed by atoms with van der Waals surface area (Å²) in [5.74, 6) is 6.51. The maximum absolute atomic E-state index is 5.70. The molecule has 1 aliphatic carbocycles. The van der Waals surface area contributed by atoms with E-state index in [0.29, 0.717) is 0 Å². The molecular formula is C17H23N3. The summed E-state index contributed by atoms with van der Waals surface area (Å²) in [6.45, 7) is 6.57. The number of benzene rings is 1. The number of hydrogen-bond acceptors (Lipinski definition) is 3. The van der Waals surface area contributed by atoms with E-state index >= 15 is 0 Å². The second kappa shape index (κ2) is 4.74. The lowest BCUT2D eigenvalue weighted by atomic mass is 9.85. The van der Waals surface area contributed by atoms with Gasteiger partial charge in [-0.3, -0.25) is 0 Å². The number of hydrogen-bond donors (Lipinski definition) is 2. The molecule has 0 radical (unpaired) electrons. The van der Waals surface area contributed by atoms with Crippen molar-refractivity contribution < 1.29 is 0 Å². The Morgan fingerprint density at radius 1 is 1.15 bits per heavy atom. The average Bonchev–Trinajstić information content (AvgIpc) is 2.44. The molecule has 106 valence electrons. The normalized spacial score (nSPS) is 15.2. The molecule has 0 bridgehead atoms. The van der Waals surface area contributed by atoms with Crippen LogP contribution in [0.1, 0.15) is 50.3 Å². The van der Waals surface area contributed by atoms with E-state index in [9.17, 15) is 0 Å². The molecule has 3 rings (SSSR count). The highest BCUT2D eigenvalue weighted by atomic mass is 15.3. The number of anilines is 1. The number of rotatable bonds is 1. The number of nitrogens with one attached hydrogen (secondary N) is 1. The first-order valence-corrected chi connectivity index (χ1v) is 7.43. The van der Waals surface area contributed by atoms with Crippen molar-refractivity contribution in [2.45, 2.75) is 51.9 Å². The monoisotopic (exact) mass is 269 g/mol. The van der Waals surface area contributed by atoms with Gasteiger partial charge in [-0.15, -0.1) is 0 Å². The fourth-order valence-electron chi connectivity index (χ4n) is 3.15. The highest BCUT2D eigenvalue weighted by Gasteiger charge is 2.21. The quantitative estimate of drug-likeness (QED) is 0.613. The summed E-state index contributed by atoms with van der Waals surface area (Å²) in [5.41, 5.74) is 8.00. The third-order valence-corrected chi connectivity index (χ3v) is 4.26. The Morgan fingerprint density at radius 3 is 2.60 bits per heavy atom. The molecule has 0 spiro atoms. The molecule has 0 aliphatic heterocycles. The van der Waals surface area contributed by atoms with Gasteiger partial charge in [-0.05, 0) is 48.3 Å². The lowest BCUT2D eigenvalue weighted by Crippen LogP contribution is -2.19. The van der Waals surface area contributed by atoms with Crippen LogP contribution in [0.4, 0.5) is 5.82 Å². The molecule has 1 heterocycles. The first-order chi connectivity index (χ1) is 9.50. The van der Waals surface area contributed by atoms with Crippen LogP contribution in [0.2, 0.25) is 0 Å². The number of fused-ring (bicyclic) bond motifs is 3. The van der Waals surface area contributed by atoms with Gasteiger partial charge in [-0.25, -0.2) is 10.8 Å². The molecule has 2 aromatic rings. The number of nitrogen functional groups attached to an aromatic ring is 1. The summed E-state index contributed by atoms with van der Waals surface area (Å²) >= 11 is 0. The maximum Gasteiger partial charge on any atom is 0.144 e. The maximum atomic E-state index is 5.70. The fourth-order valence-corrected chi connectivity index (χ4v) is 3.15. The summed E-state index contributed by atoms with van der Waals surface area (Å²) < 4.78 is 0. The van der Waals surface area contributed by atoms with Gasteiger partial charge in [0.05, 0.1) is 5.52 Å². The zero-order chi connectivity index (χ0) is 14.3. The Hall–Kier alpha value is -1.61. The minimum absolute atomic E-state index is 0.0266. The van der Waals surface area contributed by atoms with Crippen LogP contribution in [-0.2, 0) is 18.3 Å². The van der Waals surface area contributed by atoms with Gasteiger partial charge in [0.15, 0.2) is 0 Å². The predicted octanol–water partition coefficient (Wildman–Crippen LogP) is 3.70. The van der Waals surface area contributed by atoms with Gasteiger partial charge in [0, 0.05) is 10.9 Å². The third kappa shape index (κ3) is 2.16. The largest absolute Gasteiger partial charge is 0.308 e. The summed E-state index contributed by atoms with van der Waals surface area (Å²) in [7, 11) is 0. The van der Waals surface area contributed by atoms with E-state index in [1.807, 2.05) is 0 Å². The van der Waals surface area contributed by atoms with Crippen molar-refractivity contribution in [3.63, 3.8) is 0 Å². The SMILES string of the molecule is CC(C)(C)c1cc2ccc3c(c2nc1NN)CCCC3. The van der Waals surface area contributed by atoms with Crippen LogP contribution in [0, 0.1) is 0 Å². The van der Waals surface area contributed by atoms with Crippen LogP contribution in [0.15, 0.2) is 18.2 Å². The van der Waals surface area contributed by atoms with Crippen LogP contribution in [0.5, 0.6) is 0 Å². The lowest BCUT2D eigenvalue weighted by Gasteiger charge is -2.24. The van der Waals surface area contributed by atoms with Crippen molar-refractivity contribution in [1.29, 1.82) is 0 Å². The molecule has 0 saturated carbocycles. The van der Waals surface area contributed by atoms with E-state index < -0.39 is 0 Å². The highest BCUT2D eigenvalue weighted by Crippen LogP contribution is 2.34. The van der Waals surface area contributed by atoms with E-state index in [1.54, 1.807) is 0 Å². The molecule has 0 unspecified atom stereocenters. The number of aryl methyl sites for hydroxylation is 2. The van der Waals surface area contributed by atoms with E-state index in [4.69, 9.17) is 10.8 Å². The van der Waals surface area contributed by atoms with Gasteiger partial charge in [-0.1, -0.05) is 32.9 Å². The summed E-state index contributed by atoms with van der Waals surface area (Å²) in [6.07, 6.45) is 4.87. The van der Waals surface area contributed by atoms with E-state index in [-0.39, 0.29) is 5.41 Å². The second-order valence-corrected chi connectivity index (χ2v) is 6.76. The number of hydrazine groups is 1. The smallest absolute Gasteiger partial charge is 0.144 e. The molecular weight excluding hydrogens is 246 g/mol. The Kier molecular flexibility index (Phi) is 3.17. The van der Waals surface area contributed by atoms with Gasteiger partial charge in [-0.2, -0.15) is 0 Å². The molecule has 0 saturated heterocycles. The third-order valence-electron chi connectivity index (χ3n) is 4.26. The van der Waals surface area contributed by atoms with Crippen molar-refractivity contribution >= 4 is 16.7 Å². The first-order valence-electron chi connectivity index (χ1n) is 7.43. The van der Waals surface area contributed by atoms with Crippen molar-refractivity contribution in [2.75, 3.05) is 5.43 Å². The predicted molar refractivity (Wildman–Crippen MR) is 84.9 cm³/mol. The van der Waals surface area contributed by atoms with E-state index in [0.717, 1.165) is 17.8 Å². The molecule has 0 fully saturated rings. The highest BCUT2D eigenvalue weighted by molar-refractivity contribution is 5.86. The summed E-state index contributed by atoms with van der Waals surface area (Å²) in [6, 6.07) is 6.73. The van der Waals surface area contributed by atoms with Crippen LogP contribution in [0.3, 0.4) is 0 Å². The second-order valence-electron chi connectivity index (χ2n) is 6.76. The summed E-state index contributed by atoms with van der Waals surface area (Å²) in [5, 5.41) is 1.23. The minimum Gasteiger partial charge on any atom is -0.308 e. The zero-order valence-electron chi connectivity index (χ0n) is 12.6. The van der Waals surface area contributed by atoms with E-state index in [2.05, 4.69) is 44.4 Å². The van der Waals surface area contributed by atoms with Crippen LogP contribution >= 0.6 is 0 Å². The van der Waals surface area contributed by atoms with Crippen LogP contribution in [0.25, 0.3) is 10.9 Å². The molecule has 0 amide bonds. The zero-order valence-corrected chi connectivity index (χ0v) is 12.6. The number of aromatic nitrogens is 1. The number of nitrogens with zero attached hydrogens (tertiary/aromatic N) is 1. The van der Waals surface area contributed by atoms with Crippen LogP contribution in [-0.4, -0.2) is 4.98 Å².